The van der Waals surface area contributed by atoms with E-state index >= 15 is 0 Å². The minimum atomic E-state index is -3.51. The lowest BCUT2D eigenvalue weighted by atomic mass is 9.88. The first kappa shape index (κ1) is 22.2. The highest BCUT2D eigenvalue weighted by molar-refractivity contribution is 7.89. The van der Waals surface area contributed by atoms with E-state index in [9.17, 15) is 13.2 Å². The molecule has 0 amide bonds. The quantitative estimate of drug-likeness (QED) is 0.510. The summed E-state index contributed by atoms with van der Waals surface area (Å²) in [6.07, 6.45) is 4.71. The second kappa shape index (κ2) is 8.46. The van der Waals surface area contributed by atoms with Gasteiger partial charge < -0.3 is 9.47 Å². The van der Waals surface area contributed by atoms with Crippen LogP contribution in [0.1, 0.15) is 43.4 Å². The average Bonchev–Trinajstić information content (AvgIpc) is 3.53. The number of benzene rings is 2. The summed E-state index contributed by atoms with van der Waals surface area (Å²) < 4.78 is 38.8. The van der Waals surface area contributed by atoms with E-state index in [4.69, 9.17) is 14.5 Å². The van der Waals surface area contributed by atoms with Crippen LogP contribution in [0.2, 0.25) is 0 Å². The number of pyridine rings is 1. The molecule has 2 aliphatic carbocycles. The Balaban J connectivity index is 1.18. The van der Waals surface area contributed by atoms with E-state index in [-0.39, 0.29) is 29.9 Å². The molecule has 2 saturated carbocycles. The Labute approximate surface area is 204 Å². The fourth-order valence-electron chi connectivity index (χ4n) is 4.74. The number of sulfonamides is 1. The van der Waals surface area contributed by atoms with Gasteiger partial charge in [-0.1, -0.05) is 30.7 Å². The number of Topliss-reactive ketones (excluding diaryl/α,β-unsaturated/α-hetero) is 1. The van der Waals surface area contributed by atoms with Crippen molar-refractivity contribution in [1.82, 2.24) is 9.71 Å². The molecule has 0 spiro atoms. The third-order valence-corrected chi connectivity index (χ3v) is 8.78. The van der Waals surface area contributed by atoms with Crippen molar-refractivity contribution in [2.24, 2.45) is 0 Å². The van der Waals surface area contributed by atoms with Gasteiger partial charge in [0.2, 0.25) is 16.8 Å². The minimum absolute atomic E-state index is 0.0444. The molecule has 2 heterocycles. The van der Waals surface area contributed by atoms with Crippen LogP contribution in [0.5, 0.6) is 11.5 Å². The molecule has 1 N–H and O–H groups in total. The topological polar surface area (TPSA) is 94.6 Å². The standard InChI is InChI=1S/C27H26N2O5S/c30-26(27(13-14-27)19-9-12-24-25(15-19)34-17-33-24)16-21-5-2-6-23(28-21)18-7-10-22(11-8-18)35(31,32)29-20-3-1-4-20/h2,5-12,15,20,29H,1,3-4,13-14,16-17H2. The van der Waals surface area contributed by atoms with Crippen molar-refractivity contribution in [1.29, 1.82) is 0 Å². The van der Waals surface area contributed by atoms with Crippen molar-refractivity contribution in [3.63, 3.8) is 0 Å². The molecule has 7 nitrogen and oxygen atoms in total. The molecule has 1 aromatic heterocycles. The zero-order chi connectivity index (χ0) is 24.0. The van der Waals surface area contributed by atoms with Crippen molar-refractivity contribution in [2.75, 3.05) is 6.79 Å². The number of hydrogen-bond donors (Lipinski definition) is 1. The van der Waals surface area contributed by atoms with Crippen LogP contribution in [0.4, 0.5) is 0 Å². The first-order valence-electron chi connectivity index (χ1n) is 12.0. The summed E-state index contributed by atoms with van der Waals surface area (Å²) in [7, 11) is -3.51. The van der Waals surface area contributed by atoms with Crippen molar-refractivity contribution in [2.45, 2.75) is 54.9 Å². The smallest absolute Gasteiger partial charge is 0.240 e. The molecule has 1 aliphatic heterocycles. The fraction of sp³-hybridized carbons (Fsp3) is 0.333. The maximum absolute atomic E-state index is 13.3. The van der Waals surface area contributed by atoms with Gasteiger partial charge in [-0.3, -0.25) is 9.78 Å². The second-order valence-electron chi connectivity index (χ2n) is 9.54. The van der Waals surface area contributed by atoms with Crippen LogP contribution in [0.3, 0.4) is 0 Å². The number of fused-ring (bicyclic) bond motifs is 1. The molecule has 6 rings (SSSR count). The largest absolute Gasteiger partial charge is 0.454 e. The van der Waals surface area contributed by atoms with Gasteiger partial charge in [-0.25, -0.2) is 13.1 Å². The predicted octanol–water partition coefficient (Wildman–Crippen LogP) is 4.15. The molecular formula is C27H26N2O5S. The lowest BCUT2D eigenvalue weighted by Gasteiger charge is -2.26. The van der Waals surface area contributed by atoms with E-state index in [0.717, 1.165) is 43.2 Å². The van der Waals surface area contributed by atoms with E-state index in [2.05, 4.69) is 4.72 Å². The number of rotatable bonds is 8. The van der Waals surface area contributed by atoms with Crippen molar-refractivity contribution in [3.05, 3.63) is 71.9 Å². The number of hydrogen-bond acceptors (Lipinski definition) is 6. The molecule has 35 heavy (non-hydrogen) atoms. The van der Waals surface area contributed by atoms with E-state index in [0.29, 0.717) is 22.9 Å². The summed E-state index contributed by atoms with van der Waals surface area (Å²) in [5.41, 5.74) is 2.69. The molecule has 0 saturated heterocycles. The van der Waals surface area contributed by atoms with Gasteiger partial charge in [0.05, 0.1) is 16.0 Å². The molecule has 0 radical (unpaired) electrons. The van der Waals surface area contributed by atoms with E-state index in [1.54, 1.807) is 24.3 Å². The Morgan fingerprint density at radius 1 is 1.00 bits per heavy atom. The number of carbonyl (C=O) groups excluding carboxylic acids is 1. The summed E-state index contributed by atoms with van der Waals surface area (Å²) in [6.45, 7) is 0.209. The Morgan fingerprint density at radius 2 is 1.77 bits per heavy atom. The molecule has 0 bridgehead atoms. The molecule has 0 atom stereocenters. The molecule has 180 valence electrons. The van der Waals surface area contributed by atoms with Gasteiger partial charge in [-0.2, -0.15) is 0 Å². The van der Waals surface area contributed by atoms with Gasteiger partial charge in [0, 0.05) is 23.7 Å². The van der Waals surface area contributed by atoms with Crippen LogP contribution in [0.15, 0.2) is 65.6 Å². The monoisotopic (exact) mass is 490 g/mol. The highest BCUT2D eigenvalue weighted by Gasteiger charge is 2.51. The number of aromatic nitrogens is 1. The zero-order valence-electron chi connectivity index (χ0n) is 19.2. The van der Waals surface area contributed by atoms with Gasteiger partial charge in [0.1, 0.15) is 5.78 Å². The maximum Gasteiger partial charge on any atom is 0.240 e. The van der Waals surface area contributed by atoms with Gasteiger partial charge in [-0.15, -0.1) is 0 Å². The molecule has 2 aromatic carbocycles. The van der Waals surface area contributed by atoms with Crippen molar-refractivity contribution in [3.8, 4) is 22.8 Å². The van der Waals surface area contributed by atoms with Crippen LogP contribution >= 0.6 is 0 Å². The van der Waals surface area contributed by atoms with Gasteiger partial charge in [-0.05, 0) is 67.6 Å². The average molecular weight is 491 g/mol. The lowest BCUT2D eigenvalue weighted by molar-refractivity contribution is -0.120. The summed E-state index contributed by atoms with van der Waals surface area (Å²) in [5.74, 6) is 1.54. The summed E-state index contributed by atoms with van der Waals surface area (Å²) in [5, 5.41) is 0. The van der Waals surface area contributed by atoms with E-state index < -0.39 is 15.4 Å². The summed E-state index contributed by atoms with van der Waals surface area (Å²) in [4.78, 5) is 18.3. The number of ketones is 1. The van der Waals surface area contributed by atoms with E-state index in [1.807, 2.05) is 36.4 Å². The molecule has 2 fully saturated rings. The number of nitrogens with zero attached hydrogens (tertiary/aromatic N) is 1. The normalized spacial score (nSPS) is 18.2. The van der Waals surface area contributed by atoms with Crippen LogP contribution in [-0.4, -0.2) is 32.0 Å². The SMILES string of the molecule is O=C(Cc1cccc(-c2ccc(S(=O)(=O)NC3CCC3)cc2)n1)C1(c2ccc3c(c2)OCO3)CC1. The fourth-order valence-corrected chi connectivity index (χ4v) is 6.04. The molecule has 0 unspecified atom stereocenters. The Morgan fingerprint density at radius 3 is 2.49 bits per heavy atom. The molecule has 3 aromatic rings. The highest BCUT2D eigenvalue weighted by atomic mass is 32.2. The highest BCUT2D eigenvalue weighted by Crippen LogP contribution is 2.51. The van der Waals surface area contributed by atoms with Gasteiger partial charge >= 0.3 is 0 Å². The second-order valence-corrected chi connectivity index (χ2v) is 11.3. The molecule has 8 heteroatoms. The van der Waals surface area contributed by atoms with Crippen LogP contribution < -0.4 is 14.2 Å². The van der Waals surface area contributed by atoms with Crippen LogP contribution in [0, 0.1) is 0 Å². The minimum Gasteiger partial charge on any atom is -0.454 e. The summed E-state index contributed by atoms with van der Waals surface area (Å²) >= 11 is 0. The zero-order valence-corrected chi connectivity index (χ0v) is 20.0. The van der Waals surface area contributed by atoms with E-state index in [1.165, 1.54) is 0 Å². The number of ether oxygens (including phenoxy) is 2. The molecule has 3 aliphatic rings. The Hall–Kier alpha value is -3.23. The Kier molecular flexibility index (Phi) is 5.38. The van der Waals surface area contributed by atoms with Crippen molar-refractivity contribution < 1.29 is 22.7 Å². The summed E-state index contributed by atoms with van der Waals surface area (Å²) in [6, 6.07) is 18.1. The van der Waals surface area contributed by atoms with Crippen LogP contribution in [0.25, 0.3) is 11.3 Å². The van der Waals surface area contributed by atoms with Crippen LogP contribution in [-0.2, 0) is 26.7 Å². The first-order valence-corrected chi connectivity index (χ1v) is 13.4. The number of nitrogens with one attached hydrogen (secondary N) is 1. The Bertz CT molecular complexity index is 1390. The van der Waals surface area contributed by atoms with Gasteiger partial charge in [0.15, 0.2) is 11.5 Å². The molecular weight excluding hydrogens is 464 g/mol. The predicted molar refractivity (Wildman–Crippen MR) is 130 cm³/mol. The number of carbonyl (C=O) groups is 1. The maximum atomic E-state index is 13.3. The third-order valence-electron chi connectivity index (χ3n) is 7.24. The van der Waals surface area contributed by atoms with Gasteiger partial charge in [0.25, 0.3) is 0 Å². The van der Waals surface area contributed by atoms with Crippen molar-refractivity contribution >= 4 is 15.8 Å². The third kappa shape index (κ3) is 4.21. The lowest BCUT2D eigenvalue weighted by Crippen LogP contribution is -2.39. The first-order chi connectivity index (χ1) is 16.9.